The number of ether oxygens (including phenoxy) is 1. The minimum Gasteiger partial charge on any atom is -0.489 e. The first-order valence-corrected chi connectivity index (χ1v) is 10.3. The molecule has 0 saturated carbocycles. The van der Waals surface area contributed by atoms with Crippen molar-refractivity contribution in [3.63, 3.8) is 0 Å². The molecule has 2 heterocycles. The van der Waals surface area contributed by atoms with Crippen molar-refractivity contribution < 1.29 is 9.53 Å². The monoisotopic (exact) mass is 442 g/mol. The number of aromatic nitrogens is 3. The van der Waals surface area contributed by atoms with Crippen LogP contribution >= 0.6 is 0 Å². The SMILES string of the molecule is O=C(Cn1c(=O)ccn(Cc2ccccc2)c1=O)Nc1cccc(OCc2cccnc2)c1. The van der Waals surface area contributed by atoms with Crippen LogP contribution in [0.2, 0.25) is 0 Å². The zero-order valence-electron chi connectivity index (χ0n) is 17.8. The highest BCUT2D eigenvalue weighted by atomic mass is 16.5. The summed E-state index contributed by atoms with van der Waals surface area (Å²) in [5.41, 5.74) is 1.25. The molecule has 1 N–H and O–H groups in total. The van der Waals surface area contributed by atoms with Crippen molar-refractivity contribution in [2.75, 3.05) is 5.32 Å². The highest BCUT2D eigenvalue weighted by Gasteiger charge is 2.11. The van der Waals surface area contributed by atoms with E-state index in [0.29, 0.717) is 24.6 Å². The lowest BCUT2D eigenvalue weighted by atomic mass is 10.2. The van der Waals surface area contributed by atoms with E-state index in [1.165, 1.54) is 16.8 Å². The highest BCUT2D eigenvalue weighted by Crippen LogP contribution is 2.18. The smallest absolute Gasteiger partial charge is 0.331 e. The predicted molar refractivity (Wildman–Crippen MR) is 124 cm³/mol. The van der Waals surface area contributed by atoms with E-state index >= 15 is 0 Å². The lowest BCUT2D eigenvalue weighted by molar-refractivity contribution is -0.116. The van der Waals surface area contributed by atoms with Crippen LogP contribution in [0.1, 0.15) is 11.1 Å². The summed E-state index contributed by atoms with van der Waals surface area (Å²) in [5, 5.41) is 2.71. The minimum absolute atomic E-state index is 0.303. The maximum atomic E-state index is 12.8. The number of rotatable bonds is 8. The van der Waals surface area contributed by atoms with Gasteiger partial charge in [-0.3, -0.25) is 23.7 Å². The van der Waals surface area contributed by atoms with Crippen LogP contribution < -0.4 is 21.3 Å². The Morgan fingerprint density at radius 1 is 0.939 bits per heavy atom. The van der Waals surface area contributed by atoms with E-state index in [1.54, 1.807) is 36.7 Å². The lowest BCUT2D eigenvalue weighted by Gasteiger charge is -2.11. The third-order valence-corrected chi connectivity index (χ3v) is 4.88. The topological polar surface area (TPSA) is 95.2 Å². The Morgan fingerprint density at radius 3 is 2.55 bits per heavy atom. The van der Waals surface area contributed by atoms with Crippen molar-refractivity contribution in [2.24, 2.45) is 0 Å². The molecule has 0 spiro atoms. The Morgan fingerprint density at radius 2 is 1.76 bits per heavy atom. The van der Waals surface area contributed by atoms with E-state index in [0.717, 1.165) is 15.7 Å². The average Bonchev–Trinajstić information content (AvgIpc) is 2.84. The first-order chi connectivity index (χ1) is 16.1. The van der Waals surface area contributed by atoms with Gasteiger partial charge in [-0.25, -0.2) is 4.79 Å². The van der Waals surface area contributed by atoms with Crippen LogP contribution in [-0.2, 0) is 24.5 Å². The van der Waals surface area contributed by atoms with Gasteiger partial charge in [0, 0.05) is 42.0 Å². The molecule has 33 heavy (non-hydrogen) atoms. The fraction of sp³-hybridized carbons (Fsp3) is 0.120. The van der Waals surface area contributed by atoms with Crippen LogP contribution in [0.25, 0.3) is 0 Å². The number of carbonyl (C=O) groups excluding carboxylic acids is 1. The van der Waals surface area contributed by atoms with Gasteiger partial charge in [-0.2, -0.15) is 0 Å². The number of benzene rings is 2. The number of anilines is 1. The standard InChI is InChI=1S/C25H22N4O4/c30-23(27-21-9-4-10-22(14-21)33-18-20-8-5-12-26-15-20)17-29-24(31)11-13-28(25(29)32)16-19-6-2-1-3-7-19/h1-15H,16-18H2,(H,27,30). The van der Waals surface area contributed by atoms with Crippen LogP contribution in [0.3, 0.4) is 0 Å². The number of hydrogen-bond donors (Lipinski definition) is 1. The maximum Gasteiger partial charge on any atom is 0.331 e. The van der Waals surface area contributed by atoms with Gasteiger partial charge in [0.1, 0.15) is 18.9 Å². The lowest BCUT2D eigenvalue weighted by Crippen LogP contribution is -2.41. The quantitative estimate of drug-likeness (QED) is 0.453. The molecule has 8 heteroatoms. The van der Waals surface area contributed by atoms with Gasteiger partial charge in [0.05, 0.1) is 6.54 Å². The van der Waals surface area contributed by atoms with Crippen molar-refractivity contribution >= 4 is 11.6 Å². The Kier molecular flexibility index (Phi) is 6.75. The molecule has 0 aliphatic carbocycles. The van der Waals surface area contributed by atoms with E-state index < -0.39 is 23.7 Å². The van der Waals surface area contributed by atoms with Crippen molar-refractivity contribution in [3.8, 4) is 5.75 Å². The number of nitrogens with zero attached hydrogens (tertiary/aromatic N) is 3. The van der Waals surface area contributed by atoms with Crippen LogP contribution in [-0.4, -0.2) is 20.0 Å². The second kappa shape index (κ2) is 10.2. The summed E-state index contributed by atoms with van der Waals surface area (Å²) < 4.78 is 8.06. The fourth-order valence-corrected chi connectivity index (χ4v) is 3.26. The minimum atomic E-state index is -0.546. The molecule has 166 valence electrons. The first-order valence-electron chi connectivity index (χ1n) is 10.3. The van der Waals surface area contributed by atoms with E-state index in [1.807, 2.05) is 42.5 Å². The normalized spacial score (nSPS) is 10.5. The zero-order chi connectivity index (χ0) is 23.0. The summed E-state index contributed by atoms with van der Waals surface area (Å²) in [4.78, 5) is 41.7. The molecule has 0 aliphatic heterocycles. The van der Waals surface area contributed by atoms with Gasteiger partial charge >= 0.3 is 5.69 Å². The van der Waals surface area contributed by atoms with Gasteiger partial charge in [-0.15, -0.1) is 0 Å². The Balaban J connectivity index is 1.43. The van der Waals surface area contributed by atoms with Crippen molar-refractivity contribution in [3.05, 3.63) is 123 Å². The molecule has 0 aliphatic rings. The summed E-state index contributed by atoms with van der Waals surface area (Å²) in [5.74, 6) is 0.0785. The molecule has 1 amide bonds. The fourth-order valence-electron chi connectivity index (χ4n) is 3.26. The van der Waals surface area contributed by atoms with E-state index in [2.05, 4.69) is 10.3 Å². The molecule has 2 aromatic heterocycles. The molecule has 4 rings (SSSR count). The Labute approximate surface area is 189 Å². The predicted octanol–water partition coefficient (Wildman–Crippen LogP) is 2.67. The molecule has 2 aromatic carbocycles. The molecule has 0 atom stereocenters. The first kappa shape index (κ1) is 21.8. The summed E-state index contributed by atoms with van der Waals surface area (Å²) in [6.07, 6.45) is 4.84. The molecule has 4 aromatic rings. The van der Waals surface area contributed by atoms with E-state index in [9.17, 15) is 14.4 Å². The second-order valence-electron chi connectivity index (χ2n) is 7.36. The van der Waals surface area contributed by atoms with Crippen LogP contribution in [0.5, 0.6) is 5.75 Å². The molecular formula is C25H22N4O4. The largest absolute Gasteiger partial charge is 0.489 e. The molecule has 0 bridgehead atoms. The van der Waals surface area contributed by atoms with E-state index in [4.69, 9.17) is 4.74 Å². The van der Waals surface area contributed by atoms with Gasteiger partial charge in [-0.05, 0) is 23.8 Å². The van der Waals surface area contributed by atoms with E-state index in [-0.39, 0.29) is 0 Å². The van der Waals surface area contributed by atoms with Crippen LogP contribution in [0.15, 0.2) is 101 Å². The number of pyridine rings is 1. The van der Waals surface area contributed by atoms with Gasteiger partial charge in [0.15, 0.2) is 0 Å². The Bertz CT molecular complexity index is 1350. The average molecular weight is 442 g/mol. The molecule has 8 nitrogen and oxygen atoms in total. The zero-order valence-corrected chi connectivity index (χ0v) is 17.8. The number of amides is 1. The van der Waals surface area contributed by atoms with Crippen molar-refractivity contribution in [1.29, 1.82) is 0 Å². The van der Waals surface area contributed by atoms with Crippen molar-refractivity contribution in [1.82, 2.24) is 14.1 Å². The Hall–Kier alpha value is -4.46. The summed E-state index contributed by atoms with van der Waals surface area (Å²) in [7, 11) is 0. The summed E-state index contributed by atoms with van der Waals surface area (Å²) in [6, 6.07) is 21.3. The van der Waals surface area contributed by atoms with Crippen LogP contribution in [0.4, 0.5) is 5.69 Å². The molecule has 0 saturated heterocycles. The molecule has 0 radical (unpaired) electrons. The highest BCUT2D eigenvalue weighted by molar-refractivity contribution is 5.90. The third-order valence-electron chi connectivity index (χ3n) is 4.88. The van der Waals surface area contributed by atoms with Gasteiger partial charge in [-0.1, -0.05) is 42.5 Å². The number of nitrogens with one attached hydrogen (secondary N) is 1. The van der Waals surface area contributed by atoms with Gasteiger partial charge in [0.25, 0.3) is 5.56 Å². The molecular weight excluding hydrogens is 420 g/mol. The maximum absolute atomic E-state index is 12.8. The number of carbonyl (C=O) groups is 1. The third kappa shape index (κ3) is 5.82. The molecule has 0 fully saturated rings. The number of hydrogen-bond acceptors (Lipinski definition) is 5. The van der Waals surface area contributed by atoms with Crippen LogP contribution in [0, 0.1) is 0 Å². The van der Waals surface area contributed by atoms with Gasteiger partial charge < -0.3 is 10.1 Å². The second-order valence-corrected chi connectivity index (χ2v) is 7.36. The van der Waals surface area contributed by atoms with Crippen molar-refractivity contribution in [2.45, 2.75) is 19.7 Å². The summed E-state index contributed by atoms with van der Waals surface area (Å²) >= 11 is 0. The molecule has 0 unspecified atom stereocenters. The summed E-state index contributed by atoms with van der Waals surface area (Å²) in [6.45, 7) is 0.248. The van der Waals surface area contributed by atoms with Gasteiger partial charge in [0.2, 0.25) is 5.91 Å².